The molecule has 3 aromatic carbocycles. The van der Waals surface area contributed by atoms with Crippen molar-refractivity contribution in [2.75, 3.05) is 31.5 Å². The number of hydrogen-bond donors (Lipinski definition) is 2. The Hall–Kier alpha value is -3.88. The molecule has 34 heavy (non-hydrogen) atoms. The van der Waals surface area contributed by atoms with E-state index in [1.807, 2.05) is 42.5 Å². The van der Waals surface area contributed by atoms with Crippen LogP contribution in [0.5, 0.6) is 0 Å². The van der Waals surface area contributed by atoms with E-state index in [4.69, 9.17) is 4.99 Å². The summed E-state index contributed by atoms with van der Waals surface area (Å²) in [5.74, 6) is -0.980. The van der Waals surface area contributed by atoms with Gasteiger partial charge in [0.2, 0.25) is 5.91 Å². The van der Waals surface area contributed by atoms with Gasteiger partial charge in [-0.05, 0) is 29.3 Å². The van der Waals surface area contributed by atoms with Gasteiger partial charge in [0.25, 0.3) is 5.69 Å². The van der Waals surface area contributed by atoms with Crippen LogP contribution in [0.1, 0.15) is 22.6 Å². The van der Waals surface area contributed by atoms with Crippen LogP contribution < -0.4 is 10.6 Å². The van der Waals surface area contributed by atoms with E-state index in [1.54, 1.807) is 6.07 Å². The molecule has 0 bridgehead atoms. The van der Waals surface area contributed by atoms with Crippen LogP contribution in [0.15, 0.2) is 77.8 Å². The van der Waals surface area contributed by atoms with Crippen molar-refractivity contribution in [2.45, 2.75) is 12.5 Å². The lowest BCUT2D eigenvalue weighted by atomic mass is 9.90. The number of non-ortho nitro benzene ring substituents is 1. The largest absolute Gasteiger partial charge is 0.325 e. The van der Waals surface area contributed by atoms with Crippen LogP contribution >= 0.6 is 0 Å². The molecule has 8 nitrogen and oxygen atoms in total. The second-order valence-corrected chi connectivity index (χ2v) is 8.51. The first-order valence-electron chi connectivity index (χ1n) is 11.3. The molecule has 5 rings (SSSR count). The Labute approximate surface area is 197 Å². The number of rotatable bonds is 6. The van der Waals surface area contributed by atoms with Gasteiger partial charge in [-0.1, -0.05) is 42.5 Å². The van der Waals surface area contributed by atoms with Crippen molar-refractivity contribution in [3.8, 4) is 0 Å². The molecule has 1 fully saturated rings. The number of nitro groups is 1. The fourth-order valence-electron chi connectivity index (χ4n) is 4.48. The number of carbonyl (C=O) groups excluding carboxylic acids is 1. The number of nitrogens with zero attached hydrogens (tertiary/aromatic N) is 3. The number of nitrogens with one attached hydrogen (secondary N) is 2. The highest BCUT2D eigenvalue weighted by molar-refractivity contribution is 6.24. The first-order valence-corrected chi connectivity index (χ1v) is 11.3. The lowest BCUT2D eigenvalue weighted by Gasteiger charge is -2.27. The molecule has 2 N–H and O–H groups in total. The maximum Gasteiger partial charge on any atom is 0.269 e. The van der Waals surface area contributed by atoms with Gasteiger partial charge in [-0.25, -0.2) is 0 Å². The van der Waals surface area contributed by atoms with Gasteiger partial charge in [0, 0.05) is 56.1 Å². The van der Waals surface area contributed by atoms with Crippen LogP contribution in [0, 0.1) is 10.1 Å². The molecule has 1 atom stereocenters. The molecule has 2 aliphatic heterocycles. The number of nitro benzene ring substituents is 1. The predicted molar refractivity (Wildman–Crippen MR) is 132 cm³/mol. The average Bonchev–Trinajstić information content (AvgIpc) is 3.19. The topological polar surface area (TPSA) is 99.9 Å². The summed E-state index contributed by atoms with van der Waals surface area (Å²) in [7, 11) is 0. The summed E-state index contributed by atoms with van der Waals surface area (Å²) < 4.78 is 0. The Balaban J connectivity index is 1.50. The standard InChI is InChI=1S/C26H25N5O3/c32-26-24(22-16-21(31(33)34)10-11-23(22)29-26)25(19-4-2-1-3-5-19)28-20-8-6-18(7-9-20)17-30-14-12-27-13-15-30/h1-11,16,24,27H,12-15,17H2,(H,29,32). The van der Waals surface area contributed by atoms with E-state index in [-0.39, 0.29) is 11.6 Å². The van der Waals surface area contributed by atoms with Crippen LogP contribution in [-0.4, -0.2) is 47.6 Å². The van der Waals surface area contributed by atoms with Gasteiger partial charge in [0.05, 0.1) is 16.3 Å². The first-order chi connectivity index (χ1) is 16.6. The Morgan fingerprint density at radius 1 is 1.03 bits per heavy atom. The normalized spacial score (nSPS) is 18.4. The second-order valence-electron chi connectivity index (χ2n) is 8.51. The SMILES string of the molecule is O=C1Nc2ccc([N+](=O)[O-])cc2C1C(=Nc1ccc(CN2CCNCC2)cc1)c1ccccc1. The summed E-state index contributed by atoms with van der Waals surface area (Å²) in [5, 5.41) is 17.6. The molecule has 2 aliphatic rings. The summed E-state index contributed by atoms with van der Waals surface area (Å²) in [6.45, 7) is 4.96. The van der Waals surface area contributed by atoms with E-state index in [1.165, 1.54) is 17.7 Å². The highest BCUT2D eigenvalue weighted by Gasteiger charge is 2.36. The van der Waals surface area contributed by atoms with Crippen molar-refractivity contribution in [1.82, 2.24) is 10.2 Å². The third-order valence-corrected chi connectivity index (χ3v) is 6.22. The molecule has 1 amide bonds. The fourth-order valence-corrected chi connectivity index (χ4v) is 4.48. The zero-order chi connectivity index (χ0) is 23.5. The molecule has 1 saturated heterocycles. The molecule has 172 valence electrons. The molecule has 0 spiro atoms. The number of carbonyl (C=O) groups is 1. The monoisotopic (exact) mass is 455 g/mol. The third-order valence-electron chi connectivity index (χ3n) is 6.22. The first kappa shape index (κ1) is 21.9. The Kier molecular flexibility index (Phi) is 6.16. The van der Waals surface area contributed by atoms with Gasteiger partial charge in [0.1, 0.15) is 5.92 Å². The van der Waals surface area contributed by atoms with Crippen LogP contribution in [0.3, 0.4) is 0 Å². The van der Waals surface area contributed by atoms with Crippen LogP contribution in [0.2, 0.25) is 0 Å². The van der Waals surface area contributed by atoms with Gasteiger partial charge in [-0.2, -0.15) is 0 Å². The van der Waals surface area contributed by atoms with E-state index in [9.17, 15) is 14.9 Å². The molecule has 0 saturated carbocycles. The lowest BCUT2D eigenvalue weighted by molar-refractivity contribution is -0.384. The van der Waals surface area contributed by atoms with Crippen molar-refractivity contribution in [2.24, 2.45) is 4.99 Å². The van der Waals surface area contributed by atoms with Crippen molar-refractivity contribution in [3.63, 3.8) is 0 Å². The Morgan fingerprint density at radius 3 is 2.47 bits per heavy atom. The summed E-state index contributed by atoms with van der Waals surface area (Å²) in [5.41, 5.74) is 4.40. The second kappa shape index (κ2) is 9.54. The Bertz CT molecular complexity index is 1240. The fraction of sp³-hybridized carbons (Fsp3) is 0.231. The number of anilines is 1. The van der Waals surface area contributed by atoms with Gasteiger partial charge < -0.3 is 10.6 Å². The van der Waals surface area contributed by atoms with Gasteiger partial charge in [0.15, 0.2) is 0 Å². The quantitative estimate of drug-likeness (QED) is 0.334. The number of hydrogen-bond acceptors (Lipinski definition) is 6. The van der Waals surface area contributed by atoms with Gasteiger partial charge >= 0.3 is 0 Å². The number of benzene rings is 3. The number of fused-ring (bicyclic) bond motifs is 1. The maximum absolute atomic E-state index is 13.0. The molecular formula is C26H25N5O3. The van der Waals surface area contributed by atoms with Crippen molar-refractivity contribution in [3.05, 3.63) is 99.6 Å². The van der Waals surface area contributed by atoms with Crippen molar-refractivity contribution < 1.29 is 9.72 Å². The maximum atomic E-state index is 13.0. The van der Waals surface area contributed by atoms with Gasteiger partial charge in [-0.15, -0.1) is 0 Å². The third kappa shape index (κ3) is 4.59. The summed E-state index contributed by atoms with van der Waals surface area (Å²) >= 11 is 0. The minimum atomic E-state index is -0.738. The van der Waals surface area contributed by atoms with Crippen LogP contribution in [-0.2, 0) is 11.3 Å². The number of aliphatic imine (C=N–C) groups is 1. The zero-order valence-electron chi connectivity index (χ0n) is 18.6. The van der Waals surface area contributed by atoms with E-state index < -0.39 is 10.8 Å². The molecule has 0 aliphatic carbocycles. The van der Waals surface area contributed by atoms with E-state index >= 15 is 0 Å². The molecule has 3 aromatic rings. The Morgan fingerprint density at radius 2 is 1.76 bits per heavy atom. The molecule has 8 heteroatoms. The van der Waals surface area contributed by atoms with E-state index in [0.717, 1.165) is 44.0 Å². The molecule has 2 heterocycles. The summed E-state index contributed by atoms with van der Waals surface area (Å²) in [6.07, 6.45) is 0. The highest BCUT2D eigenvalue weighted by Crippen LogP contribution is 2.38. The highest BCUT2D eigenvalue weighted by atomic mass is 16.6. The number of piperazine rings is 1. The summed E-state index contributed by atoms with van der Waals surface area (Å²) in [4.78, 5) is 31.2. The number of amides is 1. The average molecular weight is 456 g/mol. The smallest absolute Gasteiger partial charge is 0.269 e. The summed E-state index contributed by atoms with van der Waals surface area (Å²) in [6, 6.07) is 22.0. The molecule has 0 aromatic heterocycles. The molecule has 0 radical (unpaired) electrons. The van der Waals surface area contributed by atoms with Gasteiger partial charge in [-0.3, -0.25) is 24.8 Å². The van der Waals surface area contributed by atoms with Crippen LogP contribution in [0.4, 0.5) is 17.1 Å². The zero-order valence-corrected chi connectivity index (χ0v) is 18.6. The lowest BCUT2D eigenvalue weighted by Crippen LogP contribution is -2.42. The molecule has 1 unspecified atom stereocenters. The minimum Gasteiger partial charge on any atom is -0.325 e. The predicted octanol–water partition coefficient (Wildman–Crippen LogP) is 3.86. The van der Waals surface area contributed by atoms with E-state index in [2.05, 4.69) is 27.7 Å². The van der Waals surface area contributed by atoms with Crippen molar-refractivity contribution in [1.29, 1.82) is 0 Å². The minimum absolute atomic E-state index is 0.0510. The van der Waals surface area contributed by atoms with Crippen molar-refractivity contribution >= 4 is 28.7 Å². The molecular weight excluding hydrogens is 430 g/mol. The van der Waals surface area contributed by atoms with Crippen LogP contribution in [0.25, 0.3) is 0 Å². The van der Waals surface area contributed by atoms with E-state index in [0.29, 0.717) is 17.0 Å².